The molecule has 1 aliphatic heterocycles. The molecule has 108 valence electrons. The number of carboxylic acid groups (broad SMARTS) is 2. The quantitative estimate of drug-likeness (QED) is 0.725. The van der Waals surface area contributed by atoms with E-state index in [9.17, 15) is 9.59 Å². The SMILES string of the molecule is C/C(C(=O)O)=C(/CCN1CCOC(C)(C)C1)C(=O)O. The van der Waals surface area contributed by atoms with Crippen molar-refractivity contribution in [1.82, 2.24) is 4.90 Å². The van der Waals surface area contributed by atoms with E-state index in [0.29, 0.717) is 19.7 Å². The van der Waals surface area contributed by atoms with Crippen molar-refractivity contribution in [2.75, 3.05) is 26.2 Å². The lowest BCUT2D eigenvalue weighted by Crippen LogP contribution is -2.48. The first kappa shape index (κ1) is 15.7. The van der Waals surface area contributed by atoms with Crippen LogP contribution in [0.25, 0.3) is 0 Å². The Hall–Kier alpha value is -1.40. The maximum absolute atomic E-state index is 11.1. The number of morpholine rings is 1. The largest absolute Gasteiger partial charge is 0.478 e. The molecule has 1 aliphatic rings. The van der Waals surface area contributed by atoms with E-state index in [0.717, 1.165) is 6.54 Å². The Morgan fingerprint density at radius 3 is 2.37 bits per heavy atom. The highest BCUT2D eigenvalue weighted by Crippen LogP contribution is 2.18. The smallest absolute Gasteiger partial charge is 0.332 e. The minimum atomic E-state index is -1.18. The molecular formula is C13H21NO5. The van der Waals surface area contributed by atoms with Crippen LogP contribution >= 0.6 is 0 Å². The summed E-state index contributed by atoms with van der Waals surface area (Å²) in [6, 6.07) is 0. The van der Waals surface area contributed by atoms with Crippen LogP contribution in [0.15, 0.2) is 11.1 Å². The van der Waals surface area contributed by atoms with E-state index in [1.807, 2.05) is 13.8 Å². The Morgan fingerprint density at radius 1 is 1.26 bits per heavy atom. The lowest BCUT2D eigenvalue weighted by molar-refractivity contribution is -0.136. The first-order valence-corrected chi connectivity index (χ1v) is 6.25. The molecule has 0 unspecified atom stereocenters. The Morgan fingerprint density at radius 2 is 1.89 bits per heavy atom. The molecule has 0 bridgehead atoms. The normalized spacial score (nSPS) is 20.8. The van der Waals surface area contributed by atoms with Crippen LogP contribution in [0.2, 0.25) is 0 Å². The van der Waals surface area contributed by atoms with Crippen molar-refractivity contribution in [3.05, 3.63) is 11.1 Å². The van der Waals surface area contributed by atoms with Crippen LogP contribution in [0, 0.1) is 0 Å². The molecule has 1 saturated heterocycles. The van der Waals surface area contributed by atoms with E-state index in [1.165, 1.54) is 6.92 Å². The van der Waals surface area contributed by atoms with Gasteiger partial charge in [-0.3, -0.25) is 4.90 Å². The molecule has 0 aromatic heterocycles. The molecule has 1 fully saturated rings. The second kappa shape index (κ2) is 6.16. The van der Waals surface area contributed by atoms with Gasteiger partial charge >= 0.3 is 11.9 Å². The van der Waals surface area contributed by atoms with E-state index in [-0.39, 0.29) is 23.2 Å². The van der Waals surface area contributed by atoms with Crippen LogP contribution < -0.4 is 0 Å². The number of rotatable bonds is 5. The molecule has 0 saturated carbocycles. The second-order valence-corrected chi connectivity index (χ2v) is 5.35. The predicted molar refractivity (Wildman–Crippen MR) is 69.1 cm³/mol. The van der Waals surface area contributed by atoms with Crippen LogP contribution in [-0.2, 0) is 14.3 Å². The van der Waals surface area contributed by atoms with Gasteiger partial charge in [0.05, 0.1) is 12.2 Å². The van der Waals surface area contributed by atoms with Crippen molar-refractivity contribution in [1.29, 1.82) is 0 Å². The van der Waals surface area contributed by atoms with Gasteiger partial charge in [-0.25, -0.2) is 9.59 Å². The Labute approximate surface area is 112 Å². The van der Waals surface area contributed by atoms with Crippen LogP contribution in [0.4, 0.5) is 0 Å². The molecule has 0 spiro atoms. The number of nitrogens with zero attached hydrogens (tertiary/aromatic N) is 1. The van der Waals surface area contributed by atoms with Gasteiger partial charge in [0.25, 0.3) is 0 Å². The monoisotopic (exact) mass is 271 g/mol. The first-order chi connectivity index (χ1) is 8.73. The number of ether oxygens (including phenoxy) is 1. The summed E-state index contributed by atoms with van der Waals surface area (Å²) in [7, 11) is 0. The summed E-state index contributed by atoms with van der Waals surface area (Å²) in [5, 5.41) is 17.9. The van der Waals surface area contributed by atoms with Crippen molar-refractivity contribution in [2.24, 2.45) is 0 Å². The van der Waals surface area contributed by atoms with Crippen molar-refractivity contribution in [2.45, 2.75) is 32.8 Å². The Balaban J connectivity index is 2.66. The summed E-state index contributed by atoms with van der Waals surface area (Å²) in [5.74, 6) is -2.34. The number of carbonyl (C=O) groups is 2. The van der Waals surface area contributed by atoms with Crippen molar-refractivity contribution in [3.8, 4) is 0 Å². The number of hydrogen-bond donors (Lipinski definition) is 2. The summed E-state index contributed by atoms with van der Waals surface area (Å²) < 4.78 is 5.57. The maximum Gasteiger partial charge on any atom is 0.332 e. The predicted octanol–water partition coefficient (Wildman–Crippen LogP) is 0.973. The van der Waals surface area contributed by atoms with E-state index < -0.39 is 11.9 Å². The van der Waals surface area contributed by atoms with Crippen molar-refractivity contribution >= 4 is 11.9 Å². The molecule has 1 heterocycles. The van der Waals surface area contributed by atoms with Crippen molar-refractivity contribution in [3.63, 3.8) is 0 Å². The zero-order valence-corrected chi connectivity index (χ0v) is 11.6. The summed E-state index contributed by atoms with van der Waals surface area (Å²) in [6.45, 7) is 7.88. The number of hydrogen-bond acceptors (Lipinski definition) is 4. The maximum atomic E-state index is 11.1. The van der Waals surface area contributed by atoms with Gasteiger partial charge in [0.1, 0.15) is 0 Å². The molecule has 0 aromatic carbocycles. The Kier molecular flexibility index (Phi) is 5.08. The second-order valence-electron chi connectivity index (χ2n) is 5.35. The summed E-state index contributed by atoms with van der Waals surface area (Å²) in [6.07, 6.45) is 0.226. The van der Waals surface area contributed by atoms with Gasteiger partial charge in [-0.05, 0) is 27.2 Å². The number of carboxylic acids is 2. The molecule has 1 rings (SSSR count). The van der Waals surface area contributed by atoms with E-state index in [1.54, 1.807) is 0 Å². The highest BCUT2D eigenvalue weighted by atomic mass is 16.5. The van der Waals surface area contributed by atoms with Gasteiger partial charge in [0.2, 0.25) is 0 Å². The van der Waals surface area contributed by atoms with E-state index >= 15 is 0 Å². The highest BCUT2D eigenvalue weighted by Gasteiger charge is 2.27. The fourth-order valence-corrected chi connectivity index (χ4v) is 2.16. The summed E-state index contributed by atoms with van der Waals surface area (Å²) in [4.78, 5) is 24.0. The van der Waals surface area contributed by atoms with Crippen molar-refractivity contribution < 1.29 is 24.5 Å². The zero-order valence-electron chi connectivity index (χ0n) is 11.6. The average molecular weight is 271 g/mol. The molecule has 6 heteroatoms. The third kappa shape index (κ3) is 4.65. The fourth-order valence-electron chi connectivity index (χ4n) is 2.16. The molecule has 0 radical (unpaired) electrons. The van der Waals surface area contributed by atoms with Crippen LogP contribution in [0.3, 0.4) is 0 Å². The standard InChI is InChI=1S/C13H21NO5/c1-9(11(15)16)10(12(17)18)4-5-14-6-7-19-13(2,3)8-14/h4-8H2,1-3H3,(H,15,16)(H,17,18)/b10-9+. The Bertz CT molecular complexity index is 400. The van der Waals surface area contributed by atoms with Crippen LogP contribution in [-0.4, -0.2) is 58.9 Å². The number of aliphatic carboxylic acids is 2. The minimum Gasteiger partial charge on any atom is -0.478 e. The third-order valence-electron chi connectivity index (χ3n) is 3.21. The fraction of sp³-hybridized carbons (Fsp3) is 0.692. The summed E-state index contributed by atoms with van der Waals surface area (Å²) >= 11 is 0. The molecule has 0 atom stereocenters. The molecule has 6 nitrogen and oxygen atoms in total. The zero-order chi connectivity index (χ0) is 14.6. The lowest BCUT2D eigenvalue weighted by atomic mass is 10.0. The van der Waals surface area contributed by atoms with Gasteiger partial charge in [-0.1, -0.05) is 0 Å². The molecule has 0 aliphatic carbocycles. The van der Waals surface area contributed by atoms with Gasteiger partial charge in [-0.2, -0.15) is 0 Å². The molecule has 0 amide bonds. The molecule has 19 heavy (non-hydrogen) atoms. The minimum absolute atomic E-state index is 0.0307. The first-order valence-electron chi connectivity index (χ1n) is 6.25. The van der Waals surface area contributed by atoms with E-state index in [2.05, 4.69) is 4.90 Å². The van der Waals surface area contributed by atoms with E-state index in [4.69, 9.17) is 14.9 Å². The van der Waals surface area contributed by atoms with Gasteiger partial charge in [0.15, 0.2) is 0 Å². The summed E-state index contributed by atoms with van der Waals surface area (Å²) in [5.41, 5.74) is -0.371. The van der Waals surface area contributed by atoms with Gasteiger partial charge in [0, 0.05) is 30.8 Å². The van der Waals surface area contributed by atoms with Gasteiger partial charge < -0.3 is 14.9 Å². The van der Waals surface area contributed by atoms with Crippen LogP contribution in [0.1, 0.15) is 27.2 Å². The van der Waals surface area contributed by atoms with Crippen LogP contribution in [0.5, 0.6) is 0 Å². The highest BCUT2D eigenvalue weighted by molar-refractivity contribution is 5.98. The van der Waals surface area contributed by atoms with Gasteiger partial charge in [-0.15, -0.1) is 0 Å². The molecule has 0 aromatic rings. The topological polar surface area (TPSA) is 87.1 Å². The third-order valence-corrected chi connectivity index (χ3v) is 3.21. The average Bonchev–Trinajstić information content (AvgIpc) is 2.27. The molecular weight excluding hydrogens is 250 g/mol. The molecule has 2 N–H and O–H groups in total. The lowest BCUT2D eigenvalue weighted by Gasteiger charge is -2.38.